The Hall–Kier alpha value is -1.35. The van der Waals surface area contributed by atoms with Crippen LogP contribution in [-0.4, -0.2) is 23.9 Å². The number of aryl methyl sites for hydroxylation is 2. The summed E-state index contributed by atoms with van der Waals surface area (Å²) >= 11 is 0. The van der Waals surface area contributed by atoms with E-state index >= 15 is 0 Å². The summed E-state index contributed by atoms with van der Waals surface area (Å²) in [5, 5.41) is 0. The lowest BCUT2D eigenvalue weighted by atomic mass is 10.00. The zero-order valence-electron chi connectivity index (χ0n) is 14.1. The van der Waals surface area contributed by atoms with Crippen LogP contribution in [0.2, 0.25) is 0 Å². The summed E-state index contributed by atoms with van der Waals surface area (Å²) in [5.74, 6) is 0.291. The quantitative estimate of drug-likeness (QED) is 0.836. The molecule has 3 heteroatoms. The number of amides is 1. The van der Waals surface area contributed by atoms with Gasteiger partial charge in [0.1, 0.15) is 0 Å². The fourth-order valence-corrected chi connectivity index (χ4v) is 2.60. The number of nitrogens with zero attached hydrogens (tertiary/aromatic N) is 1. The maximum atomic E-state index is 12.4. The third-order valence-electron chi connectivity index (χ3n) is 4.00. The van der Waals surface area contributed by atoms with Gasteiger partial charge in [0.15, 0.2) is 0 Å². The number of carbonyl (C=O) groups excluding carboxylic acids is 1. The Morgan fingerprint density at radius 3 is 2.48 bits per heavy atom. The second-order valence-electron chi connectivity index (χ2n) is 6.43. The molecule has 118 valence electrons. The van der Waals surface area contributed by atoms with Crippen LogP contribution in [0.25, 0.3) is 0 Å². The molecule has 0 saturated carbocycles. The molecule has 3 nitrogen and oxygen atoms in total. The molecule has 1 aromatic rings. The van der Waals surface area contributed by atoms with Gasteiger partial charge in [0.05, 0.1) is 0 Å². The molecule has 0 radical (unpaired) electrons. The Bertz CT molecular complexity index is 468. The lowest BCUT2D eigenvalue weighted by Gasteiger charge is -2.22. The molecule has 0 aliphatic heterocycles. The molecule has 1 amide bonds. The molecule has 0 aliphatic rings. The monoisotopic (exact) mass is 290 g/mol. The number of hydrogen-bond acceptors (Lipinski definition) is 2. The lowest BCUT2D eigenvalue weighted by Crippen LogP contribution is -2.31. The Morgan fingerprint density at radius 2 is 1.90 bits per heavy atom. The Labute approximate surface area is 129 Å². The molecule has 21 heavy (non-hydrogen) atoms. The van der Waals surface area contributed by atoms with Crippen LogP contribution in [0.5, 0.6) is 0 Å². The van der Waals surface area contributed by atoms with E-state index in [-0.39, 0.29) is 17.9 Å². The third kappa shape index (κ3) is 5.88. The van der Waals surface area contributed by atoms with Crippen LogP contribution in [0.3, 0.4) is 0 Å². The lowest BCUT2D eigenvalue weighted by molar-refractivity contribution is -0.134. The van der Waals surface area contributed by atoms with E-state index < -0.39 is 0 Å². The standard InChI is InChI=1S/C18H30N2O/c1-13-9-10-17(15(3)11-13)12-20(5)18(21)14(2)7-6-8-16(4)19/h9-11,14,16H,6-8,12,19H2,1-5H3. The van der Waals surface area contributed by atoms with E-state index in [0.29, 0.717) is 6.54 Å². The SMILES string of the molecule is Cc1ccc(CN(C)C(=O)C(C)CCCC(C)N)c(C)c1. The first kappa shape index (κ1) is 17.7. The van der Waals surface area contributed by atoms with Crippen molar-refractivity contribution < 1.29 is 4.79 Å². The molecule has 0 aliphatic carbocycles. The Balaban J connectivity index is 2.53. The highest BCUT2D eigenvalue weighted by Gasteiger charge is 2.18. The first-order valence-electron chi connectivity index (χ1n) is 7.88. The number of benzene rings is 1. The fraction of sp³-hybridized carbons (Fsp3) is 0.611. The van der Waals surface area contributed by atoms with Crippen molar-refractivity contribution in [1.82, 2.24) is 4.90 Å². The zero-order chi connectivity index (χ0) is 16.0. The van der Waals surface area contributed by atoms with Gasteiger partial charge < -0.3 is 10.6 Å². The van der Waals surface area contributed by atoms with Crippen molar-refractivity contribution in [1.29, 1.82) is 0 Å². The van der Waals surface area contributed by atoms with Crippen LogP contribution >= 0.6 is 0 Å². The number of hydrogen-bond donors (Lipinski definition) is 1. The molecule has 2 unspecified atom stereocenters. The highest BCUT2D eigenvalue weighted by atomic mass is 16.2. The maximum Gasteiger partial charge on any atom is 0.225 e. The van der Waals surface area contributed by atoms with E-state index in [0.717, 1.165) is 19.3 Å². The first-order chi connectivity index (χ1) is 9.81. The van der Waals surface area contributed by atoms with Gasteiger partial charge in [-0.05, 0) is 44.7 Å². The molecule has 0 saturated heterocycles. The first-order valence-corrected chi connectivity index (χ1v) is 7.88. The van der Waals surface area contributed by atoms with E-state index in [2.05, 4.69) is 32.0 Å². The van der Waals surface area contributed by atoms with Crippen molar-refractivity contribution in [2.75, 3.05) is 7.05 Å². The summed E-state index contributed by atoms with van der Waals surface area (Å²) in [6.45, 7) is 8.91. The summed E-state index contributed by atoms with van der Waals surface area (Å²) in [6, 6.07) is 6.61. The van der Waals surface area contributed by atoms with E-state index in [1.807, 2.05) is 25.8 Å². The molecule has 0 aromatic heterocycles. The van der Waals surface area contributed by atoms with Gasteiger partial charge in [-0.25, -0.2) is 0 Å². The van der Waals surface area contributed by atoms with Crippen LogP contribution in [0.1, 0.15) is 49.8 Å². The predicted molar refractivity (Wildman–Crippen MR) is 89.1 cm³/mol. The van der Waals surface area contributed by atoms with Gasteiger partial charge in [0, 0.05) is 25.6 Å². The number of nitrogens with two attached hydrogens (primary N) is 1. The molecule has 0 fully saturated rings. The van der Waals surface area contributed by atoms with Crippen molar-refractivity contribution in [3.8, 4) is 0 Å². The molecular formula is C18H30N2O. The van der Waals surface area contributed by atoms with E-state index in [9.17, 15) is 4.79 Å². The summed E-state index contributed by atoms with van der Waals surface area (Å²) in [4.78, 5) is 14.2. The molecule has 1 aromatic carbocycles. The highest BCUT2D eigenvalue weighted by Crippen LogP contribution is 2.16. The molecule has 0 bridgehead atoms. The van der Waals surface area contributed by atoms with E-state index in [1.165, 1.54) is 16.7 Å². The number of carbonyl (C=O) groups is 1. The van der Waals surface area contributed by atoms with Gasteiger partial charge in [0.2, 0.25) is 5.91 Å². The zero-order valence-corrected chi connectivity index (χ0v) is 14.1. The van der Waals surface area contributed by atoms with Gasteiger partial charge in [0.25, 0.3) is 0 Å². The minimum Gasteiger partial charge on any atom is -0.341 e. The molecule has 0 heterocycles. The molecule has 1 rings (SSSR count). The Kier molecular flexibility index (Phi) is 6.90. The number of rotatable bonds is 7. The van der Waals surface area contributed by atoms with Gasteiger partial charge in [-0.3, -0.25) is 4.79 Å². The maximum absolute atomic E-state index is 12.4. The Morgan fingerprint density at radius 1 is 1.24 bits per heavy atom. The minimum atomic E-state index is 0.0690. The van der Waals surface area contributed by atoms with Gasteiger partial charge in [-0.15, -0.1) is 0 Å². The van der Waals surface area contributed by atoms with Crippen molar-refractivity contribution in [3.63, 3.8) is 0 Å². The highest BCUT2D eigenvalue weighted by molar-refractivity contribution is 5.78. The summed E-state index contributed by atoms with van der Waals surface area (Å²) in [6.07, 6.45) is 2.91. The van der Waals surface area contributed by atoms with Crippen molar-refractivity contribution in [3.05, 3.63) is 34.9 Å². The molecule has 2 atom stereocenters. The van der Waals surface area contributed by atoms with Gasteiger partial charge >= 0.3 is 0 Å². The normalized spacial score (nSPS) is 13.8. The average Bonchev–Trinajstić information content (AvgIpc) is 2.40. The van der Waals surface area contributed by atoms with Crippen LogP contribution in [0, 0.1) is 19.8 Å². The molecule has 0 spiro atoms. The second-order valence-corrected chi connectivity index (χ2v) is 6.43. The summed E-state index contributed by atoms with van der Waals surface area (Å²) in [5.41, 5.74) is 9.48. The van der Waals surface area contributed by atoms with Gasteiger partial charge in [-0.1, -0.05) is 37.1 Å². The van der Waals surface area contributed by atoms with Crippen LogP contribution in [0.15, 0.2) is 18.2 Å². The topological polar surface area (TPSA) is 46.3 Å². The average molecular weight is 290 g/mol. The minimum absolute atomic E-state index is 0.0690. The predicted octanol–water partition coefficient (Wildman–Crippen LogP) is 3.42. The van der Waals surface area contributed by atoms with Crippen molar-refractivity contribution in [2.24, 2.45) is 11.7 Å². The van der Waals surface area contributed by atoms with Crippen LogP contribution < -0.4 is 5.73 Å². The van der Waals surface area contributed by atoms with Crippen molar-refractivity contribution in [2.45, 2.75) is 59.5 Å². The van der Waals surface area contributed by atoms with E-state index in [1.54, 1.807) is 0 Å². The van der Waals surface area contributed by atoms with Crippen LogP contribution in [-0.2, 0) is 11.3 Å². The third-order valence-corrected chi connectivity index (χ3v) is 4.00. The fourth-order valence-electron chi connectivity index (χ4n) is 2.60. The second kappa shape index (κ2) is 8.18. The summed E-state index contributed by atoms with van der Waals surface area (Å²) in [7, 11) is 1.89. The van der Waals surface area contributed by atoms with Gasteiger partial charge in [-0.2, -0.15) is 0 Å². The smallest absolute Gasteiger partial charge is 0.225 e. The largest absolute Gasteiger partial charge is 0.341 e. The molecule has 2 N–H and O–H groups in total. The van der Waals surface area contributed by atoms with Crippen molar-refractivity contribution >= 4 is 5.91 Å². The van der Waals surface area contributed by atoms with E-state index in [4.69, 9.17) is 5.73 Å². The van der Waals surface area contributed by atoms with Crippen LogP contribution in [0.4, 0.5) is 0 Å². The molecular weight excluding hydrogens is 260 g/mol. The summed E-state index contributed by atoms with van der Waals surface area (Å²) < 4.78 is 0.